The average Bonchev–Trinajstić information content (AvgIpc) is 3.14. The second-order valence-corrected chi connectivity index (χ2v) is 9.61. The molecule has 1 fully saturated rings. The molecule has 1 aliphatic rings. The van der Waals surface area contributed by atoms with Crippen molar-refractivity contribution in [1.29, 1.82) is 0 Å². The number of nitrogens with zero attached hydrogens (tertiary/aromatic N) is 1. The molecule has 1 saturated heterocycles. The van der Waals surface area contributed by atoms with Gasteiger partial charge in [0.2, 0.25) is 5.91 Å². The summed E-state index contributed by atoms with van der Waals surface area (Å²) in [5.41, 5.74) is 2.52. The predicted octanol–water partition coefficient (Wildman–Crippen LogP) is 5.29. The van der Waals surface area contributed by atoms with E-state index in [1.807, 2.05) is 18.7 Å². The number of likely N-dealkylation sites (tertiary alicyclic amines) is 1. The molecule has 0 saturated carbocycles. The SMILES string of the molecule is Cc1ccc(C(C)C)c(O[C@H]2CC(COc3ccc(C(=O)O)cc3)N(C(=O)CC(C)C)C2)c1. The Kier molecular flexibility index (Phi) is 8.01. The molecule has 1 N–H and O–H groups in total. The fraction of sp³-hybridized carbons (Fsp3) is 0.481. The standard InChI is InChI=1S/C27H35NO5/c1-17(2)12-26(29)28-15-23(33-25-13-19(5)6-11-24(25)18(3)4)14-21(28)16-32-22-9-7-20(8-10-22)27(30)31/h6-11,13,17-18,21,23H,12,14-16H2,1-5H3,(H,30,31)/t21?,23-/m0/s1. The molecule has 6 nitrogen and oxygen atoms in total. The molecule has 2 aromatic rings. The zero-order valence-corrected chi connectivity index (χ0v) is 20.2. The van der Waals surface area contributed by atoms with Gasteiger partial charge in [-0.3, -0.25) is 4.79 Å². The second kappa shape index (κ2) is 10.7. The summed E-state index contributed by atoms with van der Waals surface area (Å²) in [7, 11) is 0. The number of hydrogen-bond donors (Lipinski definition) is 1. The number of carbonyl (C=O) groups is 2. The summed E-state index contributed by atoms with van der Waals surface area (Å²) >= 11 is 0. The van der Waals surface area contributed by atoms with Gasteiger partial charge in [-0.15, -0.1) is 0 Å². The Morgan fingerprint density at radius 3 is 2.39 bits per heavy atom. The van der Waals surface area contributed by atoms with Gasteiger partial charge in [-0.25, -0.2) is 4.79 Å². The van der Waals surface area contributed by atoms with Crippen LogP contribution < -0.4 is 9.47 Å². The van der Waals surface area contributed by atoms with Crippen molar-refractivity contribution >= 4 is 11.9 Å². The van der Waals surface area contributed by atoms with Crippen LogP contribution in [0.25, 0.3) is 0 Å². The van der Waals surface area contributed by atoms with Crippen LogP contribution in [0.2, 0.25) is 0 Å². The molecule has 0 spiro atoms. The van der Waals surface area contributed by atoms with E-state index in [1.165, 1.54) is 17.7 Å². The van der Waals surface area contributed by atoms with Gasteiger partial charge < -0.3 is 19.5 Å². The highest BCUT2D eigenvalue weighted by Gasteiger charge is 2.37. The smallest absolute Gasteiger partial charge is 0.335 e. The summed E-state index contributed by atoms with van der Waals surface area (Å²) in [4.78, 5) is 25.9. The van der Waals surface area contributed by atoms with Crippen LogP contribution in [-0.2, 0) is 4.79 Å². The Morgan fingerprint density at radius 1 is 1.09 bits per heavy atom. The molecule has 1 heterocycles. The van der Waals surface area contributed by atoms with Gasteiger partial charge in [-0.2, -0.15) is 0 Å². The van der Waals surface area contributed by atoms with Gasteiger partial charge in [-0.05, 0) is 60.2 Å². The van der Waals surface area contributed by atoms with Crippen LogP contribution in [0.1, 0.15) is 67.9 Å². The largest absolute Gasteiger partial charge is 0.491 e. The number of rotatable bonds is 9. The Morgan fingerprint density at radius 2 is 1.79 bits per heavy atom. The summed E-state index contributed by atoms with van der Waals surface area (Å²) in [5.74, 6) is 1.22. The average molecular weight is 454 g/mol. The Labute approximate surface area is 196 Å². The van der Waals surface area contributed by atoms with Gasteiger partial charge >= 0.3 is 5.97 Å². The van der Waals surface area contributed by atoms with Crippen molar-refractivity contribution < 1.29 is 24.2 Å². The van der Waals surface area contributed by atoms with E-state index in [0.717, 1.165) is 11.3 Å². The molecule has 1 amide bonds. The highest BCUT2D eigenvalue weighted by molar-refractivity contribution is 5.87. The first kappa shape index (κ1) is 24.6. The summed E-state index contributed by atoms with van der Waals surface area (Å²) in [6.07, 6.45) is 1.06. The lowest BCUT2D eigenvalue weighted by Crippen LogP contribution is -2.39. The number of carboxylic acids is 1. The number of benzene rings is 2. The molecule has 0 radical (unpaired) electrons. The molecule has 2 atom stereocenters. The van der Waals surface area contributed by atoms with Crippen LogP contribution >= 0.6 is 0 Å². The predicted molar refractivity (Wildman–Crippen MR) is 128 cm³/mol. The zero-order valence-electron chi connectivity index (χ0n) is 20.2. The van der Waals surface area contributed by atoms with Crippen LogP contribution in [0.4, 0.5) is 0 Å². The molecule has 1 aliphatic heterocycles. The van der Waals surface area contributed by atoms with E-state index >= 15 is 0 Å². The first-order chi connectivity index (χ1) is 15.6. The molecule has 6 heteroatoms. The molecular weight excluding hydrogens is 418 g/mol. The second-order valence-electron chi connectivity index (χ2n) is 9.61. The normalized spacial score (nSPS) is 18.1. The third kappa shape index (κ3) is 6.50. The Balaban J connectivity index is 1.73. The van der Waals surface area contributed by atoms with E-state index < -0.39 is 5.97 Å². The highest BCUT2D eigenvalue weighted by Crippen LogP contribution is 2.31. The third-order valence-electron chi connectivity index (χ3n) is 5.91. The molecule has 1 unspecified atom stereocenters. The molecule has 0 bridgehead atoms. The van der Waals surface area contributed by atoms with Crippen LogP contribution in [0.15, 0.2) is 42.5 Å². The van der Waals surface area contributed by atoms with Gasteiger partial charge in [0.1, 0.15) is 24.2 Å². The molecule has 2 aromatic carbocycles. The first-order valence-corrected chi connectivity index (χ1v) is 11.7. The first-order valence-electron chi connectivity index (χ1n) is 11.7. The van der Waals surface area contributed by atoms with E-state index in [1.54, 1.807) is 12.1 Å². The number of aromatic carboxylic acids is 1. The lowest BCUT2D eigenvalue weighted by molar-refractivity contribution is -0.133. The fourth-order valence-electron chi connectivity index (χ4n) is 4.18. The molecule has 33 heavy (non-hydrogen) atoms. The maximum atomic E-state index is 13.0. The van der Waals surface area contributed by atoms with E-state index in [0.29, 0.717) is 37.7 Å². The molecule has 0 aliphatic carbocycles. The number of ether oxygens (including phenoxy) is 2. The van der Waals surface area contributed by atoms with Gasteiger partial charge in [0.25, 0.3) is 0 Å². The van der Waals surface area contributed by atoms with Crippen molar-refractivity contribution in [3.63, 3.8) is 0 Å². The monoisotopic (exact) mass is 453 g/mol. The lowest BCUT2D eigenvalue weighted by Gasteiger charge is -2.25. The maximum absolute atomic E-state index is 13.0. The Hall–Kier alpha value is -3.02. The summed E-state index contributed by atoms with van der Waals surface area (Å²) in [5, 5.41) is 9.07. The highest BCUT2D eigenvalue weighted by atomic mass is 16.5. The molecule has 3 rings (SSSR count). The summed E-state index contributed by atoms with van der Waals surface area (Å²) < 4.78 is 12.4. The quantitative estimate of drug-likeness (QED) is 0.558. The molecule has 178 valence electrons. The van der Waals surface area contributed by atoms with Crippen LogP contribution in [0.5, 0.6) is 11.5 Å². The van der Waals surface area contributed by atoms with Crippen molar-refractivity contribution in [2.75, 3.05) is 13.2 Å². The topological polar surface area (TPSA) is 76.1 Å². The van der Waals surface area contributed by atoms with E-state index in [2.05, 4.69) is 39.0 Å². The fourth-order valence-corrected chi connectivity index (χ4v) is 4.18. The van der Waals surface area contributed by atoms with Gasteiger partial charge in [0.05, 0.1) is 18.2 Å². The van der Waals surface area contributed by atoms with E-state index in [9.17, 15) is 9.59 Å². The molecular formula is C27H35NO5. The number of aryl methyl sites for hydroxylation is 1. The molecule has 0 aromatic heterocycles. The van der Waals surface area contributed by atoms with E-state index in [4.69, 9.17) is 14.6 Å². The van der Waals surface area contributed by atoms with Crippen molar-refractivity contribution in [1.82, 2.24) is 4.90 Å². The minimum absolute atomic E-state index is 0.104. The number of hydrogen-bond acceptors (Lipinski definition) is 4. The van der Waals surface area contributed by atoms with Crippen LogP contribution in [0.3, 0.4) is 0 Å². The van der Waals surface area contributed by atoms with Crippen LogP contribution in [0, 0.1) is 12.8 Å². The lowest BCUT2D eigenvalue weighted by atomic mass is 10.0. The zero-order chi connectivity index (χ0) is 24.1. The number of carboxylic acid groups (broad SMARTS) is 1. The summed E-state index contributed by atoms with van der Waals surface area (Å²) in [6, 6.07) is 12.5. The van der Waals surface area contributed by atoms with Crippen LogP contribution in [-0.4, -0.2) is 47.2 Å². The van der Waals surface area contributed by atoms with Crippen molar-refractivity contribution in [3.05, 3.63) is 59.2 Å². The number of amides is 1. The van der Waals surface area contributed by atoms with E-state index in [-0.39, 0.29) is 29.5 Å². The maximum Gasteiger partial charge on any atom is 0.335 e. The minimum Gasteiger partial charge on any atom is -0.491 e. The number of carbonyl (C=O) groups excluding carboxylic acids is 1. The van der Waals surface area contributed by atoms with Crippen molar-refractivity contribution in [2.45, 2.75) is 65.5 Å². The van der Waals surface area contributed by atoms with Gasteiger partial charge in [0.15, 0.2) is 0 Å². The van der Waals surface area contributed by atoms with Crippen molar-refractivity contribution in [2.24, 2.45) is 5.92 Å². The minimum atomic E-state index is -0.972. The Bertz CT molecular complexity index is 967. The van der Waals surface area contributed by atoms with Gasteiger partial charge in [-0.1, -0.05) is 39.8 Å². The van der Waals surface area contributed by atoms with Crippen molar-refractivity contribution in [3.8, 4) is 11.5 Å². The third-order valence-corrected chi connectivity index (χ3v) is 5.91. The summed E-state index contributed by atoms with van der Waals surface area (Å²) in [6.45, 7) is 11.3. The van der Waals surface area contributed by atoms with Gasteiger partial charge in [0, 0.05) is 12.8 Å².